The maximum Gasteiger partial charge on any atom is 0.124 e. The van der Waals surface area contributed by atoms with Crippen LogP contribution in [0.25, 0.3) is 0 Å². The molecule has 1 saturated carbocycles. The van der Waals surface area contributed by atoms with Gasteiger partial charge < -0.3 is 15.2 Å². The van der Waals surface area contributed by atoms with E-state index in [4.69, 9.17) is 15.2 Å². The summed E-state index contributed by atoms with van der Waals surface area (Å²) < 4.78 is 11.4. The number of methoxy groups -OCH3 is 1. The number of hydrogen-bond acceptors (Lipinski definition) is 3. The van der Waals surface area contributed by atoms with Gasteiger partial charge in [0.2, 0.25) is 0 Å². The summed E-state index contributed by atoms with van der Waals surface area (Å²) in [5.41, 5.74) is 6.84. The molecule has 0 atom stereocenters. The first-order valence-corrected chi connectivity index (χ1v) is 6.25. The lowest BCUT2D eigenvalue weighted by Gasteiger charge is -2.28. The molecule has 3 heteroatoms. The molecule has 1 fully saturated rings. The molecule has 2 rings (SSSR count). The van der Waals surface area contributed by atoms with Gasteiger partial charge in [0.15, 0.2) is 0 Å². The average molecular weight is 235 g/mol. The Hall–Kier alpha value is -1.06. The zero-order valence-corrected chi connectivity index (χ0v) is 10.4. The number of nitrogens with two attached hydrogens (primary N) is 1. The first-order valence-electron chi connectivity index (χ1n) is 6.25. The van der Waals surface area contributed by atoms with E-state index in [1.807, 2.05) is 24.3 Å². The highest BCUT2D eigenvalue weighted by Crippen LogP contribution is 2.33. The smallest absolute Gasteiger partial charge is 0.124 e. The molecule has 0 spiro atoms. The molecule has 1 aliphatic rings. The Morgan fingerprint density at radius 1 is 1.24 bits per heavy atom. The standard InChI is InChI=1S/C14H21NO2/c1-16-13-7-3-2-6-12(13)10-17-14(11-15)8-4-5-9-14/h2-3,6-7H,4-5,8-11,15H2,1H3. The molecule has 1 aromatic rings. The molecular formula is C14H21NO2. The Bertz CT molecular complexity index is 359. The largest absolute Gasteiger partial charge is 0.496 e. The van der Waals surface area contributed by atoms with Crippen LogP contribution in [0.5, 0.6) is 5.75 Å². The van der Waals surface area contributed by atoms with Gasteiger partial charge >= 0.3 is 0 Å². The lowest BCUT2D eigenvalue weighted by atomic mass is 10.0. The van der Waals surface area contributed by atoms with Crippen LogP contribution in [-0.2, 0) is 11.3 Å². The Morgan fingerprint density at radius 2 is 1.94 bits per heavy atom. The molecule has 0 saturated heterocycles. The van der Waals surface area contributed by atoms with Crippen molar-refractivity contribution in [3.63, 3.8) is 0 Å². The molecule has 17 heavy (non-hydrogen) atoms. The van der Waals surface area contributed by atoms with Crippen molar-refractivity contribution in [3.8, 4) is 5.75 Å². The van der Waals surface area contributed by atoms with Gasteiger partial charge in [-0.15, -0.1) is 0 Å². The fourth-order valence-electron chi connectivity index (χ4n) is 2.48. The Balaban J connectivity index is 2.01. The average Bonchev–Trinajstić information content (AvgIpc) is 2.86. The zero-order valence-electron chi connectivity index (χ0n) is 10.4. The van der Waals surface area contributed by atoms with E-state index < -0.39 is 0 Å². The van der Waals surface area contributed by atoms with Crippen molar-refractivity contribution < 1.29 is 9.47 Å². The third-order valence-electron chi connectivity index (χ3n) is 3.61. The minimum atomic E-state index is -0.0964. The fraction of sp³-hybridized carbons (Fsp3) is 0.571. The maximum atomic E-state index is 6.06. The summed E-state index contributed by atoms with van der Waals surface area (Å²) in [7, 11) is 1.69. The predicted molar refractivity (Wildman–Crippen MR) is 68.0 cm³/mol. The number of ether oxygens (including phenoxy) is 2. The van der Waals surface area contributed by atoms with Crippen LogP contribution in [0.4, 0.5) is 0 Å². The first-order chi connectivity index (χ1) is 8.29. The molecule has 3 nitrogen and oxygen atoms in total. The van der Waals surface area contributed by atoms with Gasteiger partial charge in [-0.1, -0.05) is 31.0 Å². The number of benzene rings is 1. The molecule has 1 aliphatic carbocycles. The molecule has 0 amide bonds. The molecule has 0 unspecified atom stereocenters. The van der Waals surface area contributed by atoms with Crippen molar-refractivity contribution in [1.82, 2.24) is 0 Å². The second-order valence-corrected chi connectivity index (χ2v) is 4.69. The third-order valence-corrected chi connectivity index (χ3v) is 3.61. The van der Waals surface area contributed by atoms with Crippen molar-refractivity contribution in [1.29, 1.82) is 0 Å². The molecule has 0 aromatic heterocycles. The molecule has 0 aliphatic heterocycles. The van der Waals surface area contributed by atoms with Crippen LogP contribution in [-0.4, -0.2) is 19.3 Å². The molecule has 0 bridgehead atoms. The number of hydrogen-bond donors (Lipinski definition) is 1. The maximum absolute atomic E-state index is 6.06. The molecule has 2 N–H and O–H groups in total. The Kier molecular flexibility index (Phi) is 4.02. The third kappa shape index (κ3) is 2.79. The Morgan fingerprint density at radius 3 is 2.59 bits per heavy atom. The normalized spacial score (nSPS) is 18.2. The highest BCUT2D eigenvalue weighted by atomic mass is 16.5. The number of rotatable bonds is 5. The lowest BCUT2D eigenvalue weighted by molar-refractivity contribution is -0.0454. The zero-order chi connectivity index (χ0) is 12.1. The van der Waals surface area contributed by atoms with Crippen LogP contribution < -0.4 is 10.5 Å². The molecular weight excluding hydrogens is 214 g/mol. The predicted octanol–water partition coefficient (Wildman–Crippen LogP) is 2.48. The summed E-state index contributed by atoms with van der Waals surface area (Å²) in [6.07, 6.45) is 4.61. The van der Waals surface area contributed by atoms with Gasteiger partial charge in [0.05, 0.1) is 19.3 Å². The van der Waals surface area contributed by atoms with E-state index >= 15 is 0 Å². The molecule has 1 aromatic carbocycles. The van der Waals surface area contributed by atoms with E-state index in [1.54, 1.807) is 7.11 Å². The van der Waals surface area contributed by atoms with E-state index in [-0.39, 0.29) is 5.60 Å². The monoisotopic (exact) mass is 235 g/mol. The first kappa shape index (κ1) is 12.4. The number of para-hydroxylation sites is 1. The van der Waals surface area contributed by atoms with Gasteiger partial charge in [-0.2, -0.15) is 0 Å². The van der Waals surface area contributed by atoms with E-state index in [1.165, 1.54) is 12.8 Å². The SMILES string of the molecule is COc1ccccc1COC1(CN)CCCC1. The highest BCUT2D eigenvalue weighted by molar-refractivity contribution is 5.32. The minimum absolute atomic E-state index is 0.0964. The van der Waals surface area contributed by atoms with Crippen molar-refractivity contribution in [2.24, 2.45) is 5.73 Å². The lowest BCUT2D eigenvalue weighted by Crippen LogP contribution is -2.37. The van der Waals surface area contributed by atoms with E-state index in [2.05, 4.69) is 0 Å². The second kappa shape index (κ2) is 5.52. The van der Waals surface area contributed by atoms with Crippen LogP contribution in [0.1, 0.15) is 31.2 Å². The minimum Gasteiger partial charge on any atom is -0.496 e. The molecule has 0 heterocycles. The van der Waals surface area contributed by atoms with Crippen LogP contribution >= 0.6 is 0 Å². The summed E-state index contributed by atoms with van der Waals surface area (Å²) >= 11 is 0. The van der Waals surface area contributed by atoms with E-state index in [0.29, 0.717) is 13.2 Å². The van der Waals surface area contributed by atoms with Crippen molar-refractivity contribution in [2.75, 3.05) is 13.7 Å². The van der Waals surface area contributed by atoms with E-state index in [0.717, 1.165) is 24.2 Å². The highest BCUT2D eigenvalue weighted by Gasteiger charge is 2.33. The molecule has 0 radical (unpaired) electrons. The summed E-state index contributed by atoms with van der Waals surface area (Å²) in [6, 6.07) is 7.97. The van der Waals surface area contributed by atoms with Crippen molar-refractivity contribution in [2.45, 2.75) is 37.9 Å². The van der Waals surface area contributed by atoms with Crippen molar-refractivity contribution in [3.05, 3.63) is 29.8 Å². The summed E-state index contributed by atoms with van der Waals surface area (Å²) in [5, 5.41) is 0. The summed E-state index contributed by atoms with van der Waals surface area (Å²) in [6.45, 7) is 1.20. The van der Waals surface area contributed by atoms with Gasteiger partial charge in [0.25, 0.3) is 0 Å². The topological polar surface area (TPSA) is 44.5 Å². The Labute approximate surface area is 103 Å². The molecule has 94 valence electrons. The van der Waals surface area contributed by atoms with Crippen molar-refractivity contribution >= 4 is 0 Å². The fourth-order valence-corrected chi connectivity index (χ4v) is 2.48. The van der Waals surface area contributed by atoms with Gasteiger partial charge in [0, 0.05) is 12.1 Å². The van der Waals surface area contributed by atoms with Gasteiger partial charge in [-0.05, 0) is 18.9 Å². The van der Waals surface area contributed by atoms with Crippen LogP contribution in [0.3, 0.4) is 0 Å². The van der Waals surface area contributed by atoms with E-state index in [9.17, 15) is 0 Å². The quantitative estimate of drug-likeness (QED) is 0.852. The summed E-state index contributed by atoms with van der Waals surface area (Å²) in [5.74, 6) is 0.887. The van der Waals surface area contributed by atoms with Crippen LogP contribution in [0.15, 0.2) is 24.3 Å². The van der Waals surface area contributed by atoms with Gasteiger partial charge in [0.1, 0.15) is 5.75 Å². The van der Waals surface area contributed by atoms with Crippen LogP contribution in [0, 0.1) is 0 Å². The van der Waals surface area contributed by atoms with Crippen LogP contribution in [0.2, 0.25) is 0 Å². The second-order valence-electron chi connectivity index (χ2n) is 4.69. The van der Waals surface area contributed by atoms with Gasteiger partial charge in [-0.25, -0.2) is 0 Å². The summed E-state index contributed by atoms with van der Waals surface area (Å²) in [4.78, 5) is 0. The van der Waals surface area contributed by atoms with Gasteiger partial charge in [-0.3, -0.25) is 0 Å².